The van der Waals surface area contributed by atoms with E-state index in [9.17, 15) is 13.9 Å². The van der Waals surface area contributed by atoms with Gasteiger partial charge in [0, 0.05) is 35.0 Å². The van der Waals surface area contributed by atoms with Crippen molar-refractivity contribution >= 4 is 21.1 Å². The van der Waals surface area contributed by atoms with Gasteiger partial charge < -0.3 is 28.7 Å². The van der Waals surface area contributed by atoms with Crippen molar-refractivity contribution in [2.75, 3.05) is 67.2 Å². The van der Waals surface area contributed by atoms with Crippen molar-refractivity contribution < 1.29 is 32.0 Å². The second kappa shape index (κ2) is 13.8. The average Bonchev–Trinajstić information content (AvgIpc) is 2.64. The van der Waals surface area contributed by atoms with Gasteiger partial charge in [-0.1, -0.05) is 6.92 Å². The van der Waals surface area contributed by atoms with Crippen LogP contribution in [0.1, 0.15) is 19.8 Å². The molecule has 0 aliphatic heterocycles. The molecule has 0 unspecified atom stereocenters. The highest BCUT2D eigenvalue weighted by molar-refractivity contribution is 7.54. The molecular formula is C14H33N3O7P2. The van der Waals surface area contributed by atoms with E-state index in [1.54, 1.807) is 0 Å². The molecule has 0 radical (unpaired) electrons. The van der Waals surface area contributed by atoms with Crippen LogP contribution in [0, 0.1) is 0 Å². The van der Waals surface area contributed by atoms with E-state index in [0.29, 0.717) is 6.54 Å². The monoisotopic (exact) mass is 417 g/mol. The van der Waals surface area contributed by atoms with E-state index < -0.39 is 15.2 Å². The van der Waals surface area contributed by atoms with E-state index in [1.807, 2.05) is 0 Å². The fourth-order valence-electron chi connectivity index (χ4n) is 2.02. The summed E-state index contributed by atoms with van der Waals surface area (Å²) < 4.78 is 44.3. The predicted molar refractivity (Wildman–Crippen MR) is 100 cm³/mol. The Morgan fingerprint density at radius 3 is 1.81 bits per heavy atom. The topological polar surface area (TPSA) is 115 Å². The van der Waals surface area contributed by atoms with Crippen LogP contribution in [0.4, 0.5) is 0 Å². The number of nitrogens with zero attached hydrogens (tertiary/aromatic N) is 1. The lowest BCUT2D eigenvalue weighted by atomic mass is 10.4. The Labute approximate surface area is 156 Å². The molecule has 0 atom stereocenters. The Morgan fingerprint density at radius 2 is 1.38 bits per heavy atom. The first-order chi connectivity index (χ1) is 12.3. The molecule has 1 amide bonds. The first-order valence-corrected chi connectivity index (χ1v) is 11.8. The molecule has 156 valence electrons. The molecule has 0 heterocycles. The summed E-state index contributed by atoms with van der Waals surface area (Å²) in [4.78, 5) is 13.5. The van der Waals surface area contributed by atoms with Crippen LogP contribution in [0.2, 0.25) is 0 Å². The molecule has 0 fully saturated rings. The summed E-state index contributed by atoms with van der Waals surface area (Å²) in [5.41, 5.74) is 0. The zero-order valence-electron chi connectivity index (χ0n) is 16.4. The molecule has 0 aliphatic rings. The molecule has 0 aromatic carbocycles. The summed E-state index contributed by atoms with van der Waals surface area (Å²) in [6.45, 7) is 4.19. The lowest BCUT2D eigenvalue weighted by Crippen LogP contribution is -2.39. The van der Waals surface area contributed by atoms with Gasteiger partial charge in [-0.05, 0) is 25.9 Å². The second-order valence-electron chi connectivity index (χ2n) is 5.52. The van der Waals surface area contributed by atoms with Crippen LogP contribution in [0.5, 0.6) is 0 Å². The second-order valence-corrected chi connectivity index (χ2v) is 9.99. The van der Waals surface area contributed by atoms with Gasteiger partial charge in [-0.15, -0.1) is 0 Å². The van der Waals surface area contributed by atoms with Crippen LogP contribution >= 0.6 is 15.2 Å². The molecule has 0 bridgehead atoms. The first kappa shape index (κ1) is 25.7. The lowest BCUT2D eigenvalue weighted by molar-refractivity contribution is -0.121. The summed E-state index contributed by atoms with van der Waals surface area (Å²) in [5.74, 6) is -0.294. The fourth-order valence-corrected chi connectivity index (χ4v) is 4.31. The van der Waals surface area contributed by atoms with Crippen LogP contribution in [0.15, 0.2) is 0 Å². The van der Waals surface area contributed by atoms with Crippen molar-refractivity contribution in [3.05, 3.63) is 0 Å². The lowest BCUT2D eigenvalue weighted by Gasteiger charge is -2.27. The Morgan fingerprint density at radius 1 is 0.885 bits per heavy atom. The molecule has 0 saturated carbocycles. The Balaban J connectivity index is 4.72. The molecule has 2 N–H and O–H groups in total. The van der Waals surface area contributed by atoms with Gasteiger partial charge >= 0.3 is 15.2 Å². The minimum Gasteiger partial charge on any atom is -0.355 e. The molecule has 0 rings (SSSR count). The van der Waals surface area contributed by atoms with Gasteiger partial charge in [0.05, 0.1) is 6.54 Å². The van der Waals surface area contributed by atoms with Crippen molar-refractivity contribution in [3.63, 3.8) is 0 Å². The smallest absolute Gasteiger partial charge is 0.344 e. The zero-order valence-corrected chi connectivity index (χ0v) is 18.1. The number of carbonyl (C=O) groups is 1. The van der Waals surface area contributed by atoms with Crippen LogP contribution in [-0.2, 0) is 32.0 Å². The van der Waals surface area contributed by atoms with Crippen molar-refractivity contribution in [1.29, 1.82) is 0 Å². The highest BCUT2D eigenvalue weighted by Gasteiger charge is 2.32. The third-order valence-electron chi connectivity index (χ3n) is 3.51. The standard InChI is InChI=1S/C14H33N3O7P2/c1-6-8-15-9-7-10-16-14(18)11-17(12-25(19,21-2)22-3)13-26(20,23-4)24-5/h15H,6-13H2,1-5H3,(H,16,18). The highest BCUT2D eigenvalue weighted by Crippen LogP contribution is 2.51. The number of hydrogen-bond acceptors (Lipinski definition) is 9. The van der Waals surface area contributed by atoms with Crippen LogP contribution in [-0.4, -0.2) is 78.0 Å². The van der Waals surface area contributed by atoms with Gasteiger partial charge in [-0.2, -0.15) is 0 Å². The van der Waals surface area contributed by atoms with Crippen molar-refractivity contribution in [2.24, 2.45) is 0 Å². The minimum absolute atomic E-state index is 0.143. The van der Waals surface area contributed by atoms with Gasteiger partial charge in [0.25, 0.3) is 0 Å². The van der Waals surface area contributed by atoms with E-state index >= 15 is 0 Å². The number of amides is 1. The van der Waals surface area contributed by atoms with Gasteiger partial charge in [0.15, 0.2) is 0 Å². The SMILES string of the molecule is CCCNCCCNC(=O)CN(CP(=O)(OC)OC)CP(=O)(OC)OC. The maximum Gasteiger partial charge on any atom is 0.344 e. The number of nitrogens with one attached hydrogen (secondary N) is 2. The van der Waals surface area contributed by atoms with E-state index in [0.717, 1.165) is 25.9 Å². The van der Waals surface area contributed by atoms with Gasteiger partial charge in [0.2, 0.25) is 5.91 Å². The molecule has 12 heteroatoms. The largest absolute Gasteiger partial charge is 0.355 e. The van der Waals surface area contributed by atoms with E-state index in [1.165, 1.54) is 33.3 Å². The summed E-state index contributed by atoms with van der Waals surface area (Å²) in [7, 11) is -1.89. The molecule has 0 aromatic heterocycles. The zero-order chi connectivity index (χ0) is 20.1. The highest BCUT2D eigenvalue weighted by atomic mass is 31.2. The molecule has 0 spiro atoms. The Kier molecular flexibility index (Phi) is 13.6. The van der Waals surface area contributed by atoms with E-state index in [2.05, 4.69) is 17.6 Å². The van der Waals surface area contributed by atoms with Crippen LogP contribution in [0.25, 0.3) is 0 Å². The predicted octanol–water partition coefficient (Wildman–Crippen LogP) is 1.68. The van der Waals surface area contributed by atoms with Gasteiger partial charge in [-0.3, -0.25) is 18.8 Å². The van der Waals surface area contributed by atoms with E-state index in [-0.39, 0.29) is 25.0 Å². The Hall–Kier alpha value is -0.310. The van der Waals surface area contributed by atoms with Gasteiger partial charge in [-0.25, -0.2) is 0 Å². The van der Waals surface area contributed by atoms with Crippen molar-refractivity contribution in [2.45, 2.75) is 19.8 Å². The quantitative estimate of drug-likeness (QED) is 0.286. The number of rotatable bonds is 16. The molecular weight excluding hydrogens is 384 g/mol. The molecule has 10 nitrogen and oxygen atoms in total. The number of hydrogen-bond donors (Lipinski definition) is 2. The minimum atomic E-state index is -3.44. The molecule has 0 aliphatic carbocycles. The van der Waals surface area contributed by atoms with E-state index in [4.69, 9.17) is 18.1 Å². The third kappa shape index (κ3) is 10.7. The Bertz CT molecular complexity index is 449. The number of carbonyl (C=O) groups excluding carboxylic acids is 1. The summed E-state index contributed by atoms with van der Waals surface area (Å²) in [6, 6.07) is 0. The van der Waals surface area contributed by atoms with Gasteiger partial charge in [0.1, 0.15) is 12.6 Å². The maximum absolute atomic E-state index is 12.4. The third-order valence-corrected chi connectivity index (χ3v) is 7.22. The van der Waals surface area contributed by atoms with Crippen LogP contribution < -0.4 is 10.6 Å². The molecule has 0 saturated heterocycles. The normalized spacial score (nSPS) is 12.5. The van der Waals surface area contributed by atoms with Crippen molar-refractivity contribution in [1.82, 2.24) is 15.5 Å². The first-order valence-electron chi connectivity index (χ1n) is 8.39. The fraction of sp³-hybridized carbons (Fsp3) is 0.929. The average molecular weight is 417 g/mol. The summed E-state index contributed by atoms with van der Waals surface area (Å²) in [5, 5.41) is 6.01. The summed E-state index contributed by atoms with van der Waals surface area (Å²) >= 11 is 0. The van der Waals surface area contributed by atoms with Crippen molar-refractivity contribution in [3.8, 4) is 0 Å². The molecule has 26 heavy (non-hydrogen) atoms. The van der Waals surface area contributed by atoms with Crippen LogP contribution in [0.3, 0.4) is 0 Å². The summed E-state index contributed by atoms with van der Waals surface area (Å²) in [6.07, 6.45) is 1.40. The molecule has 0 aromatic rings. The maximum atomic E-state index is 12.4.